The summed E-state index contributed by atoms with van der Waals surface area (Å²) < 4.78 is 4.77. The zero-order valence-electron chi connectivity index (χ0n) is 9.56. The van der Waals surface area contributed by atoms with Crippen LogP contribution in [0.25, 0.3) is 0 Å². The van der Waals surface area contributed by atoms with Gasteiger partial charge in [0.1, 0.15) is 6.04 Å². The molecule has 0 fully saturated rings. The zero-order valence-corrected chi connectivity index (χ0v) is 9.56. The van der Waals surface area contributed by atoms with Crippen molar-refractivity contribution in [1.29, 1.82) is 0 Å². The fraction of sp³-hybridized carbons (Fsp3) is 0.667. The van der Waals surface area contributed by atoms with Crippen molar-refractivity contribution in [3.63, 3.8) is 0 Å². The predicted molar refractivity (Wildman–Crippen MR) is 58.3 cm³/mol. The molecule has 3 amide bonds. The molecule has 0 saturated carbocycles. The number of carboxylic acid groups (broad SMARTS) is 1. The number of methoxy groups -OCH3 is 1. The van der Waals surface area contributed by atoms with E-state index in [1.54, 1.807) is 0 Å². The third-order valence-electron chi connectivity index (χ3n) is 1.87. The van der Waals surface area contributed by atoms with Crippen LogP contribution in [0, 0.1) is 0 Å². The highest BCUT2D eigenvalue weighted by Gasteiger charge is 2.19. The number of rotatable bonds is 8. The van der Waals surface area contributed by atoms with Crippen molar-refractivity contribution in [2.75, 3.05) is 20.3 Å². The van der Waals surface area contributed by atoms with Gasteiger partial charge in [-0.05, 0) is 12.8 Å². The highest BCUT2D eigenvalue weighted by Crippen LogP contribution is 1.98. The number of nitrogens with one attached hydrogen (secondary N) is 2. The van der Waals surface area contributed by atoms with Crippen LogP contribution >= 0.6 is 0 Å². The van der Waals surface area contributed by atoms with E-state index in [1.165, 1.54) is 7.11 Å². The summed E-state index contributed by atoms with van der Waals surface area (Å²) in [5.41, 5.74) is 4.82. The van der Waals surface area contributed by atoms with Gasteiger partial charge in [0.25, 0.3) is 0 Å². The van der Waals surface area contributed by atoms with E-state index < -0.39 is 23.9 Å². The van der Waals surface area contributed by atoms with E-state index in [9.17, 15) is 14.4 Å². The van der Waals surface area contributed by atoms with Gasteiger partial charge >= 0.3 is 12.0 Å². The van der Waals surface area contributed by atoms with E-state index in [0.29, 0.717) is 13.0 Å². The summed E-state index contributed by atoms with van der Waals surface area (Å²) in [6.07, 6.45) is 0.747. The largest absolute Gasteiger partial charge is 0.480 e. The lowest BCUT2D eigenvalue weighted by Crippen LogP contribution is -2.47. The van der Waals surface area contributed by atoms with Crippen LogP contribution in [0.3, 0.4) is 0 Å². The molecule has 8 heteroatoms. The summed E-state index contributed by atoms with van der Waals surface area (Å²) in [5.74, 6) is -1.85. The van der Waals surface area contributed by atoms with Crippen LogP contribution in [0.5, 0.6) is 0 Å². The van der Waals surface area contributed by atoms with Crippen LogP contribution < -0.4 is 16.4 Å². The lowest BCUT2D eigenvalue weighted by molar-refractivity contribution is -0.139. The van der Waals surface area contributed by atoms with Gasteiger partial charge in [0, 0.05) is 13.7 Å². The number of ether oxygens (including phenoxy) is 1. The van der Waals surface area contributed by atoms with E-state index in [0.717, 1.165) is 0 Å². The summed E-state index contributed by atoms with van der Waals surface area (Å²) in [6.45, 7) is 0.0740. The first-order valence-electron chi connectivity index (χ1n) is 5.01. The van der Waals surface area contributed by atoms with Crippen molar-refractivity contribution < 1.29 is 24.2 Å². The van der Waals surface area contributed by atoms with Crippen molar-refractivity contribution in [3.05, 3.63) is 0 Å². The van der Waals surface area contributed by atoms with Gasteiger partial charge in [-0.15, -0.1) is 0 Å². The molecule has 0 radical (unpaired) electrons. The van der Waals surface area contributed by atoms with Gasteiger partial charge in [-0.3, -0.25) is 4.79 Å². The third kappa shape index (κ3) is 8.03. The number of hydrogen-bond acceptors (Lipinski definition) is 4. The quantitative estimate of drug-likeness (QED) is 0.394. The molecule has 0 aliphatic heterocycles. The van der Waals surface area contributed by atoms with E-state index in [-0.39, 0.29) is 13.0 Å². The topological polar surface area (TPSA) is 131 Å². The molecule has 0 heterocycles. The Morgan fingerprint density at radius 2 is 2.06 bits per heavy atom. The minimum Gasteiger partial charge on any atom is -0.480 e. The molecule has 8 nitrogen and oxygen atoms in total. The van der Waals surface area contributed by atoms with Crippen LogP contribution in [0.2, 0.25) is 0 Å². The zero-order chi connectivity index (χ0) is 13.3. The molecule has 0 saturated heterocycles. The van der Waals surface area contributed by atoms with Gasteiger partial charge < -0.3 is 26.2 Å². The van der Waals surface area contributed by atoms with E-state index in [1.807, 2.05) is 0 Å². The Labute approximate surface area is 98.5 Å². The number of amides is 3. The number of primary amides is 1. The van der Waals surface area contributed by atoms with Crippen LogP contribution in [0.1, 0.15) is 12.8 Å². The van der Waals surface area contributed by atoms with E-state index >= 15 is 0 Å². The average Bonchev–Trinajstić information content (AvgIpc) is 2.25. The summed E-state index contributed by atoms with van der Waals surface area (Å²) in [5, 5.41) is 13.2. The molecule has 0 aromatic carbocycles. The Bertz CT molecular complexity index is 282. The first kappa shape index (κ1) is 15.2. The van der Waals surface area contributed by atoms with Gasteiger partial charge in [0.15, 0.2) is 0 Å². The van der Waals surface area contributed by atoms with Gasteiger partial charge in [0.2, 0.25) is 5.91 Å². The van der Waals surface area contributed by atoms with Gasteiger partial charge in [-0.2, -0.15) is 0 Å². The van der Waals surface area contributed by atoms with Gasteiger partial charge in [-0.25, -0.2) is 9.59 Å². The molecular weight excluding hydrogens is 230 g/mol. The molecule has 1 unspecified atom stereocenters. The Balaban J connectivity index is 4.02. The molecule has 0 aliphatic carbocycles. The average molecular weight is 247 g/mol. The molecule has 0 aromatic heterocycles. The molecule has 0 aliphatic rings. The molecule has 0 spiro atoms. The van der Waals surface area contributed by atoms with E-state index in [2.05, 4.69) is 10.6 Å². The Morgan fingerprint density at radius 3 is 2.53 bits per heavy atom. The molecule has 1 atom stereocenters. The second-order valence-electron chi connectivity index (χ2n) is 3.32. The van der Waals surface area contributed by atoms with Gasteiger partial charge in [0.05, 0.1) is 6.54 Å². The first-order valence-corrected chi connectivity index (χ1v) is 5.01. The highest BCUT2D eigenvalue weighted by molar-refractivity contribution is 5.85. The minimum absolute atomic E-state index is 0.243. The summed E-state index contributed by atoms with van der Waals surface area (Å²) >= 11 is 0. The second-order valence-corrected chi connectivity index (χ2v) is 3.32. The third-order valence-corrected chi connectivity index (χ3v) is 1.87. The van der Waals surface area contributed by atoms with Crippen LogP contribution in [0.15, 0.2) is 0 Å². The number of aliphatic carboxylic acids is 1. The number of carbonyl (C=O) groups is 3. The summed E-state index contributed by atoms with van der Waals surface area (Å²) in [4.78, 5) is 32.3. The van der Waals surface area contributed by atoms with Crippen LogP contribution in [-0.4, -0.2) is 49.3 Å². The molecular formula is C9H17N3O5. The van der Waals surface area contributed by atoms with Crippen molar-refractivity contribution in [1.82, 2.24) is 10.6 Å². The maximum absolute atomic E-state index is 11.2. The van der Waals surface area contributed by atoms with E-state index in [4.69, 9.17) is 15.6 Å². The number of carboxylic acids is 1. The molecule has 0 rings (SSSR count). The minimum atomic E-state index is -1.14. The fourth-order valence-corrected chi connectivity index (χ4v) is 1.07. The van der Waals surface area contributed by atoms with Crippen molar-refractivity contribution in [2.45, 2.75) is 18.9 Å². The smallest absolute Gasteiger partial charge is 0.326 e. The molecule has 5 N–H and O–H groups in total. The Morgan fingerprint density at radius 1 is 1.41 bits per heavy atom. The predicted octanol–water partition coefficient (Wildman–Crippen LogP) is -1.35. The van der Waals surface area contributed by atoms with Crippen molar-refractivity contribution in [2.24, 2.45) is 5.73 Å². The summed E-state index contributed by atoms with van der Waals surface area (Å²) in [6, 6.07) is -1.76. The lowest BCUT2D eigenvalue weighted by atomic mass is 10.1. The molecule has 0 bridgehead atoms. The highest BCUT2D eigenvalue weighted by atomic mass is 16.5. The number of hydrogen-bond donors (Lipinski definition) is 4. The standard InChI is InChI=1S/C9H17N3O5/c1-17-4-2-3-6(8(14)15)12-9(16)11-5-7(10)13/h6H,2-5H2,1H3,(H2,10,13)(H,14,15)(H2,11,12,16). The first-order chi connectivity index (χ1) is 7.97. The lowest BCUT2D eigenvalue weighted by Gasteiger charge is -2.14. The SMILES string of the molecule is COCCCC(NC(=O)NCC(N)=O)C(=O)O. The number of nitrogens with two attached hydrogens (primary N) is 1. The van der Waals surface area contributed by atoms with Crippen LogP contribution in [0.4, 0.5) is 4.79 Å². The molecule has 98 valence electrons. The molecule has 0 aromatic rings. The fourth-order valence-electron chi connectivity index (χ4n) is 1.07. The maximum Gasteiger partial charge on any atom is 0.326 e. The summed E-state index contributed by atoms with van der Waals surface area (Å²) in [7, 11) is 1.50. The van der Waals surface area contributed by atoms with Gasteiger partial charge in [-0.1, -0.05) is 0 Å². The van der Waals surface area contributed by atoms with Crippen molar-refractivity contribution >= 4 is 17.9 Å². The number of carbonyl (C=O) groups excluding carboxylic acids is 2. The van der Waals surface area contributed by atoms with Crippen molar-refractivity contribution in [3.8, 4) is 0 Å². The second kappa shape index (κ2) is 8.34. The Kier molecular flexibility index (Phi) is 7.44. The maximum atomic E-state index is 11.2. The Hall–Kier alpha value is -1.83. The number of urea groups is 1. The molecule has 17 heavy (non-hydrogen) atoms. The van der Waals surface area contributed by atoms with Crippen LogP contribution in [-0.2, 0) is 14.3 Å². The normalized spacial score (nSPS) is 11.6. The monoisotopic (exact) mass is 247 g/mol.